The summed E-state index contributed by atoms with van der Waals surface area (Å²) in [7, 11) is 0. The van der Waals surface area contributed by atoms with Gasteiger partial charge < -0.3 is 20.4 Å². The molecule has 0 spiro atoms. The molecule has 4 N–H and O–H groups in total. The molecule has 6 nitrogen and oxygen atoms in total. The normalized spacial score (nSPS) is 10.7. The summed E-state index contributed by atoms with van der Waals surface area (Å²) < 4.78 is 0. The average Bonchev–Trinajstić information content (AvgIpc) is 2.69. The first-order valence-electron chi connectivity index (χ1n) is 8.91. The Morgan fingerprint density at radius 3 is 1.75 bits per heavy atom. The van der Waals surface area contributed by atoms with Crippen molar-refractivity contribution in [2.75, 3.05) is 0 Å². The minimum Gasteiger partial charge on any atom is -0.504 e. The van der Waals surface area contributed by atoms with Crippen LogP contribution in [0.2, 0.25) is 0 Å². The summed E-state index contributed by atoms with van der Waals surface area (Å²) in [5.74, 6) is -2.12. The average molecular weight is 379 g/mol. The van der Waals surface area contributed by atoms with E-state index in [1.807, 2.05) is 18.3 Å². The van der Waals surface area contributed by atoms with Crippen LogP contribution < -0.4 is 0 Å². The molecule has 0 saturated carbocycles. The first-order valence-corrected chi connectivity index (χ1v) is 8.91. The number of phenols is 3. The minimum atomic E-state index is -0.932. The number of aryl methyl sites for hydroxylation is 4. The number of nitrogens with zero attached hydrogens (tertiary/aromatic N) is 1. The molecule has 0 bridgehead atoms. The number of hydrogen-bond acceptors (Lipinski definition) is 5. The molecule has 0 aliphatic carbocycles. The number of rotatable bonds is 7. The predicted octanol–water partition coefficient (Wildman–Crippen LogP) is 3.47. The first kappa shape index (κ1) is 19.2. The van der Waals surface area contributed by atoms with Crippen molar-refractivity contribution in [1.29, 1.82) is 0 Å². The first-order chi connectivity index (χ1) is 13.4. The third-order valence-corrected chi connectivity index (χ3v) is 4.59. The summed E-state index contributed by atoms with van der Waals surface area (Å²) in [6.07, 6.45) is 6.43. The maximum absolute atomic E-state index is 10.9. The van der Waals surface area contributed by atoms with Crippen molar-refractivity contribution in [2.24, 2.45) is 0 Å². The van der Waals surface area contributed by atoms with Gasteiger partial charge in [0.05, 0.1) is 5.56 Å². The van der Waals surface area contributed by atoms with Crippen LogP contribution in [0.15, 0.2) is 54.9 Å². The Morgan fingerprint density at radius 2 is 1.21 bits per heavy atom. The van der Waals surface area contributed by atoms with Crippen LogP contribution >= 0.6 is 0 Å². The van der Waals surface area contributed by atoms with E-state index in [1.165, 1.54) is 12.1 Å². The van der Waals surface area contributed by atoms with Crippen molar-refractivity contribution in [1.82, 2.24) is 4.98 Å². The van der Waals surface area contributed by atoms with E-state index in [9.17, 15) is 20.1 Å². The van der Waals surface area contributed by atoms with Gasteiger partial charge in [-0.1, -0.05) is 18.2 Å². The molecule has 0 unspecified atom stereocenters. The minimum absolute atomic E-state index is 0.277. The van der Waals surface area contributed by atoms with Crippen LogP contribution in [0, 0.1) is 0 Å². The monoisotopic (exact) mass is 379 g/mol. The molecule has 1 aromatic heterocycles. The quantitative estimate of drug-likeness (QED) is 0.468. The summed E-state index contributed by atoms with van der Waals surface area (Å²) in [5, 5.41) is 37.5. The molecule has 0 aliphatic heterocycles. The van der Waals surface area contributed by atoms with Gasteiger partial charge in [-0.3, -0.25) is 4.98 Å². The molecule has 0 radical (unpaired) electrons. The Hall–Kier alpha value is -3.54. The molecule has 0 saturated heterocycles. The van der Waals surface area contributed by atoms with E-state index in [-0.39, 0.29) is 17.1 Å². The molecule has 1 heterocycles. The van der Waals surface area contributed by atoms with Gasteiger partial charge in [-0.05, 0) is 72.2 Å². The number of carboxylic acids is 1. The van der Waals surface area contributed by atoms with Crippen LogP contribution in [0.3, 0.4) is 0 Å². The topological polar surface area (TPSA) is 111 Å². The van der Waals surface area contributed by atoms with Gasteiger partial charge in [-0.2, -0.15) is 0 Å². The Kier molecular flexibility index (Phi) is 5.79. The zero-order valence-electron chi connectivity index (χ0n) is 15.2. The third kappa shape index (κ3) is 4.79. The van der Waals surface area contributed by atoms with Gasteiger partial charge in [0.15, 0.2) is 17.2 Å². The lowest BCUT2D eigenvalue weighted by Gasteiger charge is -2.08. The van der Waals surface area contributed by atoms with Gasteiger partial charge in [0, 0.05) is 12.4 Å². The number of carbonyl (C=O) groups is 1. The lowest BCUT2D eigenvalue weighted by atomic mass is 10.0. The fraction of sp³-hybridized carbons (Fsp3) is 0.182. The van der Waals surface area contributed by atoms with Crippen LogP contribution in [-0.2, 0) is 25.7 Å². The Morgan fingerprint density at radius 1 is 0.714 bits per heavy atom. The van der Waals surface area contributed by atoms with Crippen molar-refractivity contribution in [3.63, 3.8) is 0 Å². The molecule has 0 amide bonds. The zero-order chi connectivity index (χ0) is 20.1. The van der Waals surface area contributed by atoms with Gasteiger partial charge in [0.25, 0.3) is 0 Å². The number of benzene rings is 2. The van der Waals surface area contributed by atoms with E-state index in [2.05, 4.69) is 11.1 Å². The van der Waals surface area contributed by atoms with E-state index >= 15 is 0 Å². The number of pyridine rings is 1. The van der Waals surface area contributed by atoms with Gasteiger partial charge in [-0.25, -0.2) is 4.79 Å². The second-order valence-electron chi connectivity index (χ2n) is 6.69. The van der Waals surface area contributed by atoms with Crippen LogP contribution in [0.25, 0.3) is 0 Å². The number of phenolic OH excluding ortho intramolecular Hbond substituents is 3. The van der Waals surface area contributed by atoms with Crippen LogP contribution in [0.1, 0.15) is 32.6 Å². The fourth-order valence-electron chi connectivity index (χ4n) is 3.01. The highest BCUT2D eigenvalue weighted by Crippen LogP contribution is 2.35. The standard InChI is InChI=1S/C22H21NO5/c24-19-10-15(11-20(25)21(19)26)2-4-17-9-16(12-23-13-17)3-1-14-5-7-18(8-6-14)22(27)28/h5-13,24-26H,1-4H2,(H,27,28). The highest BCUT2D eigenvalue weighted by molar-refractivity contribution is 5.87. The fourth-order valence-corrected chi connectivity index (χ4v) is 3.01. The van der Waals surface area contributed by atoms with Gasteiger partial charge in [0.2, 0.25) is 0 Å². The lowest BCUT2D eigenvalue weighted by Crippen LogP contribution is -1.98. The lowest BCUT2D eigenvalue weighted by molar-refractivity contribution is 0.0697. The summed E-state index contributed by atoms with van der Waals surface area (Å²) in [6.45, 7) is 0. The van der Waals surface area contributed by atoms with Crippen LogP contribution in [0.4, 0.5) is 0 Å². The smallest absolute Gasteiger partial charge is 0.335 e. The van der Waals surface area contributed by atoms with E-state index in [1.54, 1.807) is 18.3 Å². The molecule has 3 rings (SSSR count). The van der Waals surface area contributed by atoms with E-state index in [0.717, 1.165) is 35.1 Å². The summed E-state index contributed by atoms with van der Waals surface area (Å²) in [5.41, 5.74) is 4.17. The predicted molar refractivity (Wildman–Crippen MR) is 104 cm³/mol. The summed E-state index contributed by atoms with van der Waals surface area (Å²) >= 11 is 0. The number of carboxylic acid groups (broad SMARTS) is 1. The molecule has 144 valence electrons. The maximum atomic E-state index is 10.9. The highest BCUT2D eigenvalue weighted by atomic mass is 16.4. The summed E-state index contributed by atoms with van der Waals surface area (Å²) in [6, 6.07) is 11.8. The van der Waals surface area contributed by atoms with Gasteiger partial charge >= 0.3 is 5.97 Å². The van der Waals surface area contributed by atoms with Gasteiger partial charge in [0.1, 0.15) is 0 Å². The van der Waals surface area contributed by atoms with Crippen LogP contribution in [0.5, 0.6) is 17.2 Å². The zero-order valence-corrected chi connectivity index (χ0v) is 15.2. The van der Waals surface area contributed by atoms with Gasteiger partial charge in [-0.15, -0.1) is 0 Å². The van der Waals surface area contributed by atoms with Crippen molar-refractivity contribution in [3.05, 3.63) is 82.7 Å². The second-order valence-corrected chi connectivity index (χ2v) is 6.69. The van der Waals surface area contributed by atoms with Crippen LogP contribution in [-0.4, -0.2) is 31.4 Å². The van der Waals surface area contributed by atoms with Crippen molar-refractivity contribution in [3.8, 4) is 17.2 Å². The SMILES string of the molecule is O=C(O)c1ccc(CCc2cncc(CCc3cc(O)c(O)c(O)c3)c2)cc1. The molecule has 0 aliphatic rings. The Labute approximate surface area is 162 Å². The molecule has 6 heteroatoms. The molecular weight excluding hydrogens is 358 g/mol. The number of aromatic hydroxyl groups is 3. The second kappa shape index (κ2) is 8.43. The number of hydrogen-bond donors (Lipinski definition) is 4. The number of aromatic carboxylic acids is 1. The molecular formula is C22H21NO5. The Balaban J connectivity index is 1.60. The third-order valence-electron chi connectivity index (χ3n) is 4.59. The van der Waals surface area contributed by atoms with Crippen molar-refractivity contribution < 1.29 is 25.2 Å². The van der Waals surface area contributed by atoms with E-state index in [4.69, 9.17) is 5.11 Å². The number of aromatic nitrogens is 1. The van der Waals surface area contributed by atoms with Crippen molar-refractivity contribution in [2.45, 2.75) is 25.7 Å². The van der Waals surface area contributed by atoms with E-state index in [0.29, 0.717) is 12.8 Å². The molecule has 28 heavy (non-hydrogen) atoms. The summed E-state index contributed by atoms with van der Waals surface area (Å²) in [4.78, 5) is 15.2. The highest BCUT2D eigenvalue weighted by Gasteiger charge is 2.08. The maximum Gasteiger partial charge on any atom is 0.335 e. The van der Waals surface area contributed by atoms with Crippen molar-refractivity contribution >= 4 is 5.97 Å². The van der Waals surface area contributed by atoms with E-state index < -0.39 is 11.7 Å². The molecule has 2 aromatic carbocycles. The molecule has 0 atom stereocenters. The molecule has 3 aromatic rings. The molecule has 0 fully saturated rings. The Bertz CT molecular complexity index is 959. The largest absolute Gasteiger partial charge is 0.504 e.